The molecule has 0 aromatic heterocycles. The molecule has 0 saturated carbocycles. The first kappa shape index (κ1) is 7.63. The molecule has 9 heavy (non-hydrogen) atoms. The normalized spacial score (nSPS) is 8.22. The zero-order valence-corrected chi connectivity index (χ0v) is 4.79. The number of rotatable bonds is 1. The molecule has 0 bridgehead atoms. The molecule has 0 aliphatic heterocycles. The van der Waals surface area contributed by atoms with E-state index in [-0.39, 0.29) is 0 Å². The summed E-state index contributed by atoms with van der Waals surface area (Å²) in [5.74, 6) is 4.47. The van der Waals surface area contributed by atoms with Crippen molar-refractivity contribution in [3.05, 3.63) is 10.1 Å². The van der Waals surface area contributed by atoms with E-state index in [1.807, 2.05) is 0 Å². The molecule has 0 fully saturated rings. The number of hydrogen-bond donors (Lipinski definition) is 3. The number of hydrazine groups is 2. The van der Waals surface area contributed by atoms with Gasteiger partial charge in [0.25, 0.3) is 5.96 Å². The molecule has 7 nitrogen and oxygen atoms in total. The minimum absolute atomic E-state index is 0.458. The Labute approximate surface area is 51.0 Å². The summed E-state index contributed by atoms with van der Waals surface area (Å²) in [7, 11) is 1.32. The quantitative estimate of drug-likeness (QED) is 0.133. The average Bonchev–Trinajstić information content (AvgIpc) is 1.63. The van der Waals surface area contributed by atoms with Crippen molar-refractivity contribution < 1.29 is 5.03 Å². The Bertz CT molecular complexity index is 131. The van der Waals surface area contributed by atoms with Gasteiger partial charge in [-0.2, -0.15) is 0 Å². The Balaban J connectivity index is 3.64. The Morgan fingerprint density at radius 1 is 2.00 bits per heavy atom. The molecule has 0 aliphatic rings. The molecule has 7 heteroatoms. The predicted molar refractivity (Wildman–Crippen MR) is 29.8 cm³/mol. The monoisotopic (exact) mass is 133 g/mol. The van der Waals surface area contributed by atoms with Gasteiger partial charge < -0.3 is 0 Å². The highest BCUT2D eigenvalue weighted by Crippen LogP contribution is 1.67. The van der Waals surface area contributed by atoms with Crippen LogP contribution in [0.15, 0.2) is 0 Å². The van der Waals surface area contributed by atoms with Crippen LogP contribution in [0.1, 0.15) is 0 Å². The van der Waals surface area contributed by atoms with Crippen molar-refractivity contribution >= 4 is 5.96 Å². The highest BCUT2D eigenvalue weighted by Gasteiger charge is 2.03. The predicted octanol–water partition coefficient (Wildman–Crippen LogP) is -1.49. The molecule has 0 amide bonds. The van der Waals surface area contributed by atoms with E-state index in [0.717, 1.165) is 5.01 Å². The van der Waals surface area contributed by atoms with E-state index in [0.29, 0.717) is 0 Å². The van der Waals surface area contributed by atoms with Crippen LogP contribution in [0.2, 0.25) is 0 Å². The van der Waals surface area contributed by atoms with E-state index < -0.39 is 11.0 Å². The molecule has 0 heterocycles. The first-order valence-electron chi connectivity index (χ1n) is 2.02. The molecular formula is C2H7N5O2. The van der Waals surface area contributed by atoms with Gasteiger partial charge >= 0.3 is 0 Å². The molecule has 0 radical (unpaired) electrons. The first-order valence-corrected chi connectivity index (χ1v) is 2.02. The fourth-order valence-corrected chi connectivity index (χ4v) is 0.165. The summed E-state index contributed by atoms with van der Waals surface area (Å²) < 4.78 is 0. The summed E-state index contributed by atoms with van der Waals surface area (Å²) in [6.07, 6.45) is 0. The zero-order chi connectivity index (χ0) is 7.44. The van der Waals surface area contributed by atoms with Gasteiger partial charge in [0.1, 0.15) is 0 Å². The molecule has 0 saturated heterocycles. The zero-order valence-electron chi connectivity index (χ0n) is 4.79. The third-order valence-electron chi connectivity index (χ3n) is 0.550. The first-order chi connectivity index (χ1) is 4.04. The standard InChI is InChI=1S/C2H7N5O2/c1-6(4)2(3)5-7(8)9/h4H2,1H3,(H2,3,5). The fraction of sp³-hybridized carbons (Fsp3) is 0.500. The lowest BCUT2D eigenvalue weighted by Gasteiger charge is -2.07. The molecule has 0 aromatic carbocycles. The molecule has 52 valence electrons. The second-order valence-corrected chi connectivity index (χ2v) is 1.33. The topological polar surface area (TPSA) is 108 Å². The summed E-state index contributed by atoms with van der Waals surface area (Å²) in [6, 6.07) is 0. The van der Waals surface area contributed by atoms with E-state index in [1.165, 1.54) is 7.05 Å². The lowest BCUT2D eigenvalue weighted by atomic mass is 10.9. The number of hydrogen-bond acceptors (Lipinski definition) is 4. The number of guanidine groups is 1. The number of nitro groups is 1. The van der Waals surface area contributed by atoms with Crippen LogP contribution in [0.3, 0.4) is 0 Å². The Morgan fingerprint density at radius 3 is 2.56 bits per heavy atom. The van der Waals surface area contributed by atoms with Gasteiger partial charge in [-0.25, -0.2) is 16.0 Å². The maximum Gasteiger partial charge on any atom is 0.267 e. The smallest absolute Gasteiger partial charge is 0.267 e. The van der Waals surface area contributed by atoms with Gasteiger partial charge in [-0.1, -0.05) is 5.43 Å². The average molecular weight is 133 g/mol. The SMILES string of the molecule is CN(N)C(=N)N[N+](=O)[O-]. The third-order valence-corrected chi connectivity index (χ3v) is 0.550. The van der Waals surface area contributed by atoms with Crippen molar-refractivity contribution in [1.82, 2.24) is 10.4 Å². The van der Waals surface area contributed by atoms with Crippen LogP contribution in [-0.2, 0) is 0 Å². The maximum atomic E-state index is 9.59. The Morgan fingerprint density at radius 2 is 2.44 bits per heavy atom. The number of nitrogens with one attached hydrogen (secondary N) is 2. The van der Waals surface area contributed by atoms with E-state index in [4.69, 9.17) is 11.3 Å². The Hall–Kier alpha value is -1.37. The molecule has 4 N–H and O–H groups in total. The van der Waals surface area contributed by atoms with Gasteiger partial charge in [-0.05, 0) is 0 Å². The van der Waals surface area contributed by atoms with Crippen LogP contribution in [0, 0.1) is 15.5 Å². The van der Waals surface area contributed by atoms with E-state index in [1.54, 1.807) is 5.43 Å². The third kappa shape index (κ3) is 3.23. The van der Waals surface area contributed by atoms with Crippen LogP contribution < -0.4 is 11.3 Å². The fourth-order valence-electron chi connectivity index (χ4n) is 0.165. The van der Waals surface area contributed by atoms with Crippen molar-refractivity contribution in [2.45, 2.75) is 0 Å². The van der Waals surface area contributed by atoms with E-state index in [9.17, 15) is 10.1 Å². The van der Waals surface area contributed by atoms with Crippen molar-refractivity contribution in [1.29, 1.82) is 5.41 Å². The molecule has 0 aliphatic carbocycles. The van der Waals surface area contributed by atoms with E-state index in [2.05, 4.69) is 0 Å². The number of nitrogens with two attached hydrogens (primary N) is 1. The van der Waals surface area contributed by atoms with E-state index >= 15 is 0 Å². The van der Waals surface area contributed by atoms with Gasteiger partial charge in [0, 0.05) is 7.05 Å². The molecule has 0 aromatic rings. The minimum Gasteiger partial charge on any atom is -0.280 e. The van der Waals surface area contributed by atoms with Crippen LogP contribution in [0.25, 0.3) is 0 Å². The van der Waals surface area contributed by atoms with Gasteiger partial charge in [-0.3, -0.25) is 10.4 Å². The van der Waals surface area contributed by atoms with Crippen molar-refractivity contribution in [2.75, 3.05) is 7.05 Å². The summed E-state index contributed by atoms with van der Waals surface area (Å²) in [5, 5.41) is 16.2. The van der Waals surface area contributed by atoms with Crippen LogP contribution in [-0.4, -0.2) is 23.0 Å². The van der Waals surface area contributed by atoms with Crippen molar-refractivity contribution in [3.63, 3.8) is 0 Å². The molecule has 0 rings (SSSR count). The molecule has 0 spiro atoms. The second kappa shape index (κ2) is 2.82. The summed E-state index contributed by atoms with van der Waals surface area (Å²) >= 11 is 0. The number of nitrogens with zero attached hydrogens (tertiary/aromatic N) is 2. The van der Waals surface area contributed by atoms with Crippen LogP contribution >= 0.6 is 0 Å². The van der Waals surface area contributed by atoms with Crippen LogP contribution in [0.4, 0.5) is 0 Å². The Kier molecular flexibility index (Phi) is 2.39. The molecule has 0 unspecified atom stereocenters. The highest BCUT2D eigenvalue weighted by molar-refractivity contribution is 5.74. The summed E-state index contributed by atoms with van der Waals surface area (Å²) in [4.78, 5) is 9.59. The summed E-state index contributed by atoms with van der Waals surface area (Å²) in [6.45, 7) is 0. The van der Waals surface area contributed by atoms with Crippen LogP contribution in [0.5, 0.6) is 0 Å². The highest BCUT2D eigenvalue weighted by atomic mass is 16.7. The molecule has 0 atom stereocenters. The van der Waals surface area contributed by atoms with Gasteiger partial charge in [0.15, 0.2) is 5.03 Å². The van der Waals surface area contributed by atoms with Crippen molar-refractivity contribution in [3.8, 4) is 0 Å². The lowest BCUT2D eigenvalue weighted by molar-refractivity contribution is -0.526. The van der Waals surface area contributed by atoms with Gasteiger partial charge in [0.2, 0.25) is 0 Å². The van der Waals surface area contributed by atoms with Crippen molar-refractivity contribution in [2.24, 2.45) is 5.84 Å². The second-order valence-electron chi connectivity index (χ2n) is 1.33. The van der Waals surface area contributed by atoms with Gasteiger partial charge in [-0.15, -0.1) is 0 Å². The minimum atomic E-state index is -0.855. The summed E-state index contributed by atoms with van der Waals surface area (Å²) in [5.41, 5.74) is 1.55. The molecular weight excluding hydrogens is 126 g/mol. The maximum absolute atomic E-state index is 9.59. The lowest BCUT2D eigenvalue weighted by Crippen LogP contribution is -2.44. The largest absolute Gasteiger partial charge is 0.280 e. The van der Waals surface area contributed by atoms with Gasteiger partial charge in [0.05, 0.1) is 0 Å².